The van der Waals surface area contributed by atoms with E-state index in [2.05, 4.69) is 10.6 Å². The number of rotatable bonds is 12. The average Bonchev–Trinajstić information content (AvgIpc) is 3.18. The third-order valence-corrected chi connectivity index (χ3v) is 6.02. The van der Waals surface area contributed by atoms with Crippen molar-refractivity contribution in [2.75, 3.05) is 13.2 Å². The summed E-state index contributed by atoms with van der Waals surface area (Å²) in [5.41, 5.74) is 4.30. The van der Waals surface area contributed by atoms with Crippen LogP contribution in [0.3, 0.4) is 0 Å². The van der Waals surface area contributed by atoms with Crippen molar-refractivity contribution in [3.63, 3.8) is 0 Å². The Morgan fingerprint density at radius 2 is 1.57 bits per heavy atom. The number of nitrogens with one attached hydrogen (secondary N) is 2. The first kappa shape index (κ1) is 25.7. The Labute approximate surface area is 203 Å². The monoisotopic (exact) mass is 479 g/mol. The lowest BCUT2D eigenvalue weighted by Gasteiger charge is -2.21. The maximum absolute atomic E-state index is 12.7. The topological polar surface area (TPSA) is 149 Å². The first-order chi connectivity index (χ1) is 17.0. The molecule has 184 valence electrons. The molecule has 0 saturated heterocycles. The normalized spacial score (nSPS) is 13.6. The minimum Gasteiger partial charge on any atom is -0.480 e. The summed E-state index contributed by atoms with van der Waals surface area (Å²) in [4.78, 5) is 36.7. The van der Waals surface area contributed by atoms with Gasteiger partial charge in [-0.1, -0.05) is 48.5 Å². The number of carboxylic acid groups (broad SMARTS) is 1. The molecule has 0 aromatic heterocycles. The number of nitriles is 1. The Kier molecular flexibility index (Phi) is 9.21. The Balaban J connectivity index is 1.65. The number of hydrogen-bond acceptors (Lipinski definition) is 6. The second kappa shape index (κ2) is 12.5. The number of unbranched alkanes of at least 4 members (excludes halogenated alkanes) is 2. The van der Waals surface area contributed by atoms with Gasteiger partial charge >= 0.3 is 12.1 Å². The largest absolute Gasteiger partial charge is 0.480 e. The second-order valence-corrected chi connectivity index (χ2v) is 8.34. The number of benzene rings is 2. The van der Waals surface area contributed by atoms with Crippen molar-refractivity contribution in [3.8, 4) is 17.2 Å². The van der Waals surface area contributed by atoms with Crippen molar-refractivity contribution >= 4 is 18.0 Å². The highest BCUT2D eigenvalue weighted by Gasteiger charge is 2.30. The lowest BCUT2D eigenvalue weighted by molar-refractivity contribution is -0.142. The van der Waals surface area contributed by atoms with E-state index in [0.29, 0.717) is 19.3 Å². The highest BCUT2D eigenvalue weighted by molar-refractivity contribution is 5.89. The van der Waals surface area contributed by atoms with Crippen LogP contribution in [0.15, 0.2) is 48.5 Å². The molecule has 3 rings (SSSR count). The molecule has 2 aromatic carbocycles. The predicted octanol–water partition coefficient (Wildman–Crippen LogP) is 2.93. The molecule has 0 fully saturated rings. The lowest BCUT2D eigenvalue weighted by Crippen LogP contribution is -2.52. The summed E-state index contributed by atoms with van der Waals surface area (Å²) in [5.74, 6) is -2.11. The molecule has 2 amide bonds. The molecule has 4 N–H and O–H groups in total. The van der Waals surface area contributed by atoms with Crippen LogP contribution in [0.5, 0.6) is 0 Å². The summed E-state index contributed by atoms with van der Waals surface area (Å²) in [6.45, 7) is -0.339. The number of aliphatic hydroxyl groups excluding tert-OH is 1. The number of hydrogen-bond donors (Lipinski definition) is 4. The fraction of sp³-hybridized carbons (Fsp3) is 0.385. The molecule has 0 saturated carbocycles. The summed E-state index contributed by atoms with van der Waals surface area (Å²) in [6, 6.07) is 15.6. The lowest BCUT2D eigenvalue weighted by atomic mass is 9.98. The van der Waals surface area contributed by atoms with Crippen LogP contribution in [-0.4, -0.2) is 53.5 Å². The van der Waals surface area contributed by atoms with E-state index in [9.17, 15) is 19.5 Å². The highest BCUT2D eigenvalue weighted by Crippen LogP contribution is 2.44. The number of alkyl carbamates (subject to hydrolysis) is 1. The molecule has 0 aliphatic heterocycles. The van der Waals surface area contributed by atoms with Gasteiger partial charge in [-0.05, 0) is 41.5 Å². The molecule has 1 aliphatic rings. The maximum atomic E-state index is 12.7. The number of aliphatic hydroxyl groups is 1. The van der Waals surface area contributed by atoms with Gasteiger partial charge in [0, 0.05) is 25.4 Å². The third kappa shape index (κ3) is 6.58. The maximum Gasteiger partial charge on any atom is 0.407 e. The number of ether oxygens (including phenoxy) is 1. The van der Waals surface area contributed by atoms with Gasteiger partial charge < -0.3 is 25.6 Å². The first-order valence-electron chi connectivity index (χ1n) is 11.6. The molecule has 0 heterocycles. The van der Waals surface area contributed by atoms with Gasteiger partial charge in [-0.3, -0.25) is 4.79 Å². The molecule has 0 spiro atoms. The van der Waals surface area contributed by atoms with Crippen LogP contribution in [0.4, 0.5) is 4.79 Å². The number of fused-ring (bicyclic) bond motifs is 3. The van der Waals surface area contributed by atoms with Gasteiger partial charge in [0.05, 0.1) is 6.07 Å². The zero-order valence-corrected chi connectivity index (χ0v) is 19.3. The van der Waals surface area contributed by atoms with Gasteiger partial charge in [-0.15, -0.1) is 0 Å². The number of nitrogens with zero attached hydrogens (tertiary/aromatic N) is 1. The van der Waals surface area contributed by atoms with Gasteiger partial charge in [0.1, 0.15) is 18.7 Å². The van der Waals surface area contributed by atoms with Crippen molar-refractivity contribution in [3.05, 3.63) is 59.7 Å². The summed E-state index contributed by atoms with van der Waals surface area (Å²) < 4.78 is 5.51. The molecule has 2 atom stereocenters. The molecule has 0 bridgehead atoms. The Hall–Kier alpha value is -3.90. The molecule has 35 heavy (non-hydrogen) atoms. The number of carbonyl (C=O) groups is 3. The fourth-order valence-corrected chi connectivity index (χ4v) is 4.26. The van der Waals surface area contributed by atoms with Crippen LogP contribution in [0, 0.1) is 11.3 Å². The first-order valence-corrected chi connectivity index (χ1v) is 11.6. The molecule has 9 heteroatoms. The van der Waals surface area contributed by atoms with E-state index >= 15 is 0 Å². The van der Waals surface area contributed by atoms with Gasteiger partial charge in [0.15, 0.2) is 0 Å². The Morgan fingerprint density at radius 3 is 2.14 bits per heavy atom. The van der Waals surface area contributed by atoms with E-state index in [1.54, 1.807) is 0 Å². The number of amides is 2. The van der Waals surface area contributed by atoms with Crippen molar-refractivity contribution in [1.29, 1.82) is 5.26 Å². The summed E-state index contributed by atoms with van der Waals surface area (Å²) in [6.07, 6.45) is 0.581. The second-order valence-electron chi connectivity index (χ2n) is 8.34. The van der Waals surface area contributed by atoms with Crippen molar-refractivity contribution in [1.82, 2.24) is 10.6 Å². The zero-order valence-electron chi connectivity index (χ0n) is 19.3. The highest BCUT2D eigenvalue weighted by atomic mass is 16.5. The zero-order chi connectivity index (χ0) is 25.2. The van der Waals surface area contributed by atoms with E-state index in [-0.39, 0.29) is 25.4 Å². The van der Waals surface area contributed by atoms with Crippen LogP contribution in [0.25, 0.3) is 11.1 Å². The van der Waals surface area contributed by atoms with E-state index in [0.717, 1.165) is 22.3 Å². The quantitative estimate of drug-likeness (QED) is 0.342. The number of aliphatic carboxylic acids is 1. The van der Waals surface area contributed by atoms with Gasteiger partial charge in [-0.2, -0.15) is 5.26 Å². The van der Waals surface area contributed by atoms with Crippen LogP contribution in [0.1, 0.15) is 49.1 Å². The molecule has 1 unspecified atom stereocenters. The van der Waals surface area contributed by atoms with E-state index in [4.69, 9.17) is 15.1 Å². The smallest absolute Gasteiger partial charge is 0.407 e. The number of carbonyl (C=O) groups excluding carboxylic acids is 2. The van der Waals surface area contributed by atoms with Crippen LogP contribution in [-0.2, 0) is 14.3 Å². The minimum atomic E-state index is -1.28. The standard InChI is InChI=1S/C26H29N3O6/c27-14-7-1-2-12-22(24(31)28-23(13-15-30)25(32)33)29-26(34)35-16-21-19-10-5-3-8-17(19)18-9-4-6-11-20(18)21/h3-6,8-11,21-23,30H,1-2,7,12-13,15-16H2,(H,28,31)(H,29,34)(H,32,33)/t22?,23-/m1/s1. The average molecular weight is 480 g/mol. The summed E-state index contributed by atoms with van der Waals surface area (Å²) in [5, 5.41) is 31.9. The van der Waals surface area contributed by atoms with Gasteiger partial charge in [0.25, 0.3) is 0 Å². The Bertz CT molecular complexity index is 1050. The molecule has 0 radical (unpaired) electrons. The van der Waals surface area contributed by atoms with Crippen LogP contribution < -0.4 is 10.6 Å². The number of carboxylic acids is 1. The summed E-state index contributed by atoms with van der Waals surface area (Å²) in [7, 11) is 0. The Morgan fingerprint density at radius 1 is 0.943 bits per heavy atom. The predicted molar refractivity (Wildman–Crippen MR) is 127 cm³/mol. The fourth-order valence-electron chi connectivity index (χ4n) is 4.26. The van der Waals surface area contributed by atoms with E-state index in [1.807, 2.05) is 54.6 Å². The van der Waals surface area contributed by atoms with Crippen molar-refractivity contribution in [2.24, 2.45) is 0 Å². The molecular formula is C26H29N3O6. The van der Waals surface area contributed by atoms with E-state index in [1.165, 1.54) is 0 Å². The molecule has 9 nitrogen and oxygen atoms in total. The molecule has 1 aliphatic carbocycles. The van der Waals surface area contributed by atoms with Gasteiger partial charge in [0.2, 0.25) is 5.91 Å². The van der Waals surface area contributed by atoms with Crippen molar-refractivity contribution < 1.29 is 29.3 Å². The van der Waals surface area contributed by atoms with Crippen LogP contribution in [0.2, 0.25) is 0 Å². The van der Waals surface area contributed by atoms with Gasteiger partial charge in [-0.25, -0.2) is 9.59 Å². The molecular weight excluding hydrogens is 450 g/mol. The van der Waals surface area contributed by atoms with E-state index < -0.39 is 36.7 Å². The summed E-state index contributed by atoms with van der Waals surface area (Å²) >= 11 is 0. The minimum absolute atomic E-state index is 0.0743. The molecule has 2 aromatic rings. The van der Waals surface area contributed by atoms with Crippen LogP contribution >= 0.6 is 0 Å². The van der Waals surface area contributed by atoms with Crippen molar-refractivity contribution in [2.45, 2.75) is 50.1 Å². The SMILES string of the molecule is N#CCCCCC(NC(=O)OCC1c2ccccc2-c2ccccc21)C(=O)N[C@H](CCO)C(=O)O. The third-order valence-electron chi connectivity index (χ3n) is 6.02.